The second kappa shape index (κ2) is 3.76. The molecule has 2 N–H and O–H groups in total. The number of amides is 1. The average molecular weight is 232 g/mol. The lowest BCUT2D eigenvalue weighted by Crippen LogP contribution is -2.43. The van der Waals surface area contributed by atoms with E-state index < -0.39 is 0 Å². The van der Waals surface area contributed by atoms with Crippen LogP contribution in [0.4, 0.5) is 5.69 Å². The first kappa shape index (κ1) is 12.0. The Morgan fingerprint density at radius 3 is 2.71 bits per heavy atom. The third-order valence-electron chi connectivity index (χ3n) is 3.99. The number of fused-ring (bicyclic) bond motifs is 1. The minimum Gasteiger partial charge on any atom is -0.368 e. The van der Waals surface area contributed by atoms with Gasteiger partial charge < -0.3 is 10.6 Å². The number of anilines is 1. The van der Waals surface area contributed by atoms with Crippen molar-refractivity contribution in [3.8, 4) is 0 Å². The zero-order valence-electron chi connectivity index (χ0n) is 10.9. The van der Waals surface area contributed by atoms with Crippen LogP contribution in [0.3, 0.4) is 0 Å². The molecular weight excluding hydrogens is 212 g/mol. The molecule has 1 unspecified atom stereocenters. The molecule has 1 amide bonds. The van der Waals surface area contributed by atoms with Gasteiger partial charge in [-0.1, -0.05) is 31.5 Å². The monoisotopic (exact) mass is 232 g/mol. The van der Waals surface area contributed by atoms with Crippen LogP contribution in [0.25, 0.3) is 0 Å². The molecule has 0 saturated carbocycles. The molecule has 92 valence electrons. The Morgan fingerprint density at radius 1 is 1.47 bits per heavy atom. The van der Waals surface area contributed by atoms with E-state index in [0.717, 1.165) is 5.69 Å². The maximum atomic E-state index is 11.2. The van der Waals surface area contributed by atoms with Crippen LogP contribution in [-0.2, 0) is 10.2 Å². The van der Waals surface area contributed by atoms with Gasteiger partial charge in [-0.15, -0.1) is 0 Å². The Labute approximate surface area is 103 Å². The zero-order valence-corrected chi connectivity index (χ0v) is 10.9. The van der Waals surface area contributed by atoms with E-state index in [1.807, 2.05) is 0 Å². The number of carbonyl (C=O) groups excluding carboxylic acids is 1. The van der Waals surface area contributed by atoms with E-state index in [1.54, 1.807) is 0 Å². The fourth-order valence-electron chi connectivity index (χ4n) is 2.63. The molecule has 1 aliphatic rings. The summed E-state index contributed by atoms with van der Waals surface area (Å²) in [6.07, 6.45) is 0. The number of primary amides is 1. The summed E-state index contributed by atoms with van der Waals surface area (Å²) < 4.78 is 0. The Hall–Kier alpha value is -1.51. The van der Waals surface area contributed by atoms with Crippen LogP contribution < -0.4 is 10.6 Å². The normalized spacial score (nSPS) is 21.4. The van der Waals surface area contributed by atoms with Gasteiger partial charge in [0.2, 0.25) is 5.91 Å². The van der Waals surface area contributed by atoms with Gasteiger partial charge in [-0.25, -0.2) is 0 Å². The van der Waals surface area contributed by atoms with E-state index in [2.05, 4.69) is 50.8 Å². The molecule has 1 aromatic carbocycles. The predicted octanol–water partition coefficient (Wildman–Crippen LogP) is 1.97. The van der Waals surface area contributed by atoms with Gasteiger partial charge in [-0.3, -0.25) is 4.79 Å². The number of nitrogens with two attached hydrogens (primary N) is 1. The third kappa shape index (κ3) is 1.79. The van der Waals surface area contributed by atoms with Crippen molar-refractivity contribution in [1.29, 1.82) is 0 Å². The van der Waals surface area contributed by atoms with Gasteiger partial charge in [0.15, 0.2) is 0 Å². The van der Waals surface area contributed by atoms with E-state index in [9.17, 15) is 4.79 Å². The lowest BCUT2D eigenvalue weighted by molar-refractivity contribution is -0.116. The van der Waals surface area contributed by atoms with Crippen LogP contribution in [0, 0.1) is 6.92 Å². The molecular formula is C14H20N2O. The van der Waals surface area contributed by atoms with Crippen molar-refractivity contribution in [1.82, 2.24) is 0 Å². The van der Waals surface area contributed by atoms with Gasteiger partial charge in [-0.2, -0.15) is 0 Å². The fraction of sp³-hybridized carbons (Fsp3) is 0.500. The molecule has 1 heterocycles. The van der Waals surface area contributed by atoms with Crippen molar-refractivity contribution in [3.05, 3.63) is 29.3 Å². The molecule has 1 aromatic rings. The van der Waals surface area contributed by atoms with Gasteiger partial charge in [-0.05, 0) is 25.5 Å². The Bertz CT molecular complexity index is 465. The number of benzene rings is 1. The highest BCUT2D eigenvalue weighted by molar-refractivity contribution is 5.81. The number of aryl methyl sites for hydroxylation is 1. The molecule has 0 spiro atoms. The van der Waals surface area contributed by atoms with E-state index >= 15 is 0 Å². The molecule has 0 aliphatic carbocycles. The number of rotatable bonds is 2. The predicted molar refractivity (Wildman–Crippen MR) is 70.2 cm³/mol. The highest BCUT2D eigenvalue weighted by atomic mass is 16.1. The first-order valence-electron chi connectivity index (χ1n) is 6.00. The SMILES string of the molecule is Cc1ccc2c(c1)C(C)(C)C(C)N2CC(N)=O. The number of nitrogens with zero attached hydrogens (tertiary/aromatic N) is 1. The Morgan fingerprint density at radius 2 is 2.12 bits per heavy atom. The molecule has 3 nitrogen and oxygen atoms in total. The minimum absolute atomic E-state index is 0.0524. The van der Waals surface area contributed by atoms with Crippen LogP contribution in [-0.4, -0.2) is 18.5 Å². The topological polar surface area (TPSA) is 46.3 Å². The first-order chi connectivity index (χ1) is 7.84. The van der Waals surface area contributed by atoms with Crippen molar-refractivity contribution < 1.29 is 4.79 Å². The van der Waals surface area contributed by atoms with E-state index in [0.29, 0.717) is 6.54 Å². The molecule has 0 radical (unpaired) electrons. The van der Waals surface area contributed by atoms with Crippen molar-refractivity contribution in [3.63, 3.8) is 0 Å². The minimum atomic E-state index is -0.277. The van der Waals surface area contributed by atoms with Gasteiger partial charge in [0.1, 0.15) is 0 Å². The maximum absolute atomic E-state index is 11.2. The maximum Gasteiger partial charge on any atom is 0.236 e. The summed E-state index contributed by atoms with van der Waals surface area (Å²) in [4.78, 5) is 13.3. The quantitative estimate of drug-likeness (QED) is 0.847. The smallest absolute Gasteiger partial charge is 0.236 e. The Kier molecular flexibility index (Phi) is 2.64. The lowest BCUT2D eigenvalue weighted by atomic mass is 9.81. The second-order valence-electron chi connectivity index (χ2n) is 5.51. The highest BCUT2D eigenvalue weighted by Gasteiger charge is 2.41. The van der Waals surface area contributed by atoms with Crippen molar-refractivity contribution in [2.75, 3.05) is 11.4 Å². The van der Waals surface area contributed by atoms with E-state index in [-0.39, 0.29) is 17.4 Å². The Balaban J connectivity index is 2.51. The van der Waals surface area contributed by atoms with Crippen LogP contribution in [0.2, 0.25) is 0 Å². The summed E-state index contributed by atoms with van der Waals surface area (Å²) >= 11 is 0. The van der Waals surface area contributed by atoms with Crippen molar-refractivity contribution in [2.45, 2.75) is 39.2 Å². The largest absolute Gasteiger partial charge is 0.368 e. The van der Waals surface area contributed by atoms with Crippen LogP contribution in [0.5, 0.6) is 0 Å². The van der Waals surface area contributed by atoms with Gasteiger partial charge in [0, 0.05) is 17.1 Å². The van der Waals surface area contributed by atoms with E-state index in [1.165, 1.54) is 11.1 Å². The molecule has 1 atom stereocenters. The number of hydrogen-bond donors (Lipinski definition) is 1. The summed E-state index contributed by atoms with van der Waals surface area (Å²) in [7, 11) is 0. The molecule has 2 rings (SSSR count). The highest BCUT2D eigenvalue weighted by Crippen LogP contribution is 2.44. The van der Waals surface area contributed by atoms with Gasteiger partial charge in [0.25, 0.3) is 0 Å². The molecule has 17 heavy (non-hydrogen) atoms. The average Bonchev–Trinajstić information content (AvgIpc) is 2.40. The standard InChI is InChI=1S/C14H20N2O/c1-9-5-6-12-11(7-9)14(3,4)10(2)16(12)8-13(15)17/h5-7,10H,8H2,1-4H3,(H2,15,17). The molecule has 1 aliphatic heterocycles. The summed E-state index contributed by atoms with van der Waals surface area (Å²) in [5, 5.41) is 0. The second-order valence-corrected chi connectivity index (χ2v) is 5.51. The summed E-state index contributed by atoms with van der Waals surface area (Å²) in [6.45, 7) is 8.98. The zero-order chi connectivity index (χ0) is 12.8. The summed E-state index contributed by atoms with van der Waals surface area (Å²) in [5.74, 6) is -0.277. The van der Waals surface area contributed by atoms with Crippen molar-refractivity contribution in [2.24, 2.45) is 5.73 Å². The first-order valence-corrected chi connectivity index (χ1v) is 6.00. The molecule has 0 fully saturated rings. The number of carbonyl (C=O) groups is 1. The molecule has 0 aromatic heterocycles. The molecule has 3 heteroatoms. The van der Waals surface area contributed by atoms with Gasteiger partial charge in [0.05, 0.1) is 6.54 Å². The summed E-state index contributed by atoms with van der Waals surface area (Å²) in [6, 6.07) is 6.68. The van der Waals surface area contributed by atoms with Crippen LogP contribution in [0.1, 0.15) is 31.9 Å². The number of hydrogen-bond acceptors (Lipinski definition) is 2. The van der Waals surface area contributed by atoms with Crippen molar-refractivity contribution >= 4 is 11.6 Å². The molecule has 0 saturated heterocycles. The van der Waals surface area contributed by atoms with Gasteiger partial charge >= 0.3 is 0 Å². The van der Waals surface area contributed by atoms with E-state index in [4.69, 9.17) is 5.73 Å². The summed E-state index contributed by atoms with van der Waals surface area (Å²) in [5.41, 5.74) is 9.09. The fourth-order valence-corrected chi connectivity index (χ4v) is 2.63. The third-order valence-corrected chi connectivity index (χ3v) is 3.99. The van der Waals surface area contributed by atoms with Crippen LogP contribution >= 0.6 is 0 Å². The molecule has 0 bridgehead atoms. The lowest BCUT2D eigenvalue weighted by Gasteiger charge is -2.30. The van der Waals surface area contributed by atoms with Crippen LogP contribution in [0.15, 0.2) is 18.2 Å².